The fourth-order valence-electron chi connectivity index (χ4n) is 1.73. The van der Waals surface area contributed by atoms with Crippen LogP contribution in [0.1, 0.15) is 32.1 Å². The lowest BCUT2D eigenvalue weighted by atomic mass is 9.97. The molecule has 0 aromatic carbocycles. The summed E-state index contributed by atoms with van der Waals surface area (Å²) in [7, 11) is 0. The van der Waals surface area contributed by atoms with E-state index >= 15 is 0 Å². The van der Waals surface area contributed by atoms with Gasteiger partial charge in [-0.3, -0.25) is 0 Å². The first-order valence-corrected chi connectivity index (χ1v) is 5.00. The molecule has 1 rings (SSSR count). The lowest BCUT2D eigenvalue weighted by Crippen LogP contribution is -2.46. The van der Waals surface area contributed by atoms with Crippen molar-refractivity contribution in [2.24, 2.45) is 0 Å². The smallest absolute Gasteiger partial charge is 0.358 e. The Kier molecular flexibility index (Phi) is 4.09. The van der Waals surface area contributed by atoms with Crippen LogP contribution in [0.5, 0.6) is 0 Å². The van der Waals surface area contributed by atoms with Crippen LogP contribution < -0.4 is 0 Å². The van der Waals surface area contributed by atoms with E-state index in [1.165, 1.54) is 0 Å². The van der Waals surface area contributed by atoms with Gasteiger partial charge in [0.2, 0.25) is 6.10 Å². The van der Waals surface area contributed by atoms with Crippen molar-refractivity contribution in [3.8, 4) is 0 Å². The number of halogens is 6. The van der Waals surface area contributed by atoms with Gasteiger partial charge in [0.15, 0.2) is 0 Å². The Morgan fingerprint density at radius 2 is 1.25 bits per heavy atom. The predicted octanol–water partition coefficient (Wildman–Crippen LogP) is 3.83. The van der Waals surface area contributed by atoms with Gasteiger partial charge in [-0.05, 0) is 12.8 Å². The van der Waals surface area contributed by atoms with E-state index in [2.05, 4.69) is 4.74 Å². The molecule has 0 saturated heterocycles. The molecule has 1 saturated carbocycles. The molecule has 0 aliphatic heterocycles. The van der Waals surface area contributed by atoms with Crippen LogP contribution in [0.3, 0.4) is 0 Å². The average Bonchev–Trinajstić information content (AvgIpc) is 2.12. The predicted molar refractivity (Wildman–Crippen MR) is 43.9 cm³/mol. The highest BCUT2D eigenvalue weighted by atomic mass is 19.4. The third-order valence-electron chi connectivity index (χ3n) is 2.48. The van der Waals surface area contributed by atoms with Gasteiger partial charge >= 0.3 is 12.4 Å². The Bertz CT molecular complexity index is 201. The molecule has 16 heavy (non-hydrogen) atoms. The zero-order valence-corrected chi connectivity index (χ0v) is 8.37. The molecule has 0 atom stereocenters. The zero-order chi connectivity index (χ0) is 12.4. The van der Waals surface area contributed by atoms with Crippen molar-refractivity contribution in [2.75, 3.05) is 0 Å². The van der Waals surface area contributed by atoms with Crippen molar-refractivity contribution < 1.29 is 31.1 Å². The third-order valence-corrected chi connectivity index (χ3v) is 2.48. The molecule has 96 valence electrons. The summed E-state index contributed by atoms with van der Waals surface area (Å²) in [5, 5.41) is 0. The van der Waals surface area contributed by atoms with Crippen molar-refractivity contribution in [1.82, 2.24) is 0 Å². The number of rotatable bonds is 2. The molecule has 0 aromatic rings. The largest absolute Gasteiger partial charge is 0.423 e. The zero-order valence-electron chi connectivity index (χ0n) is 8.37. The van der Waals surface area contributed by atoms with Crippen molar-refractivity contribution in [1.29, 1.82) is 0 Å². The second kappa shape index (κ2) is 4.81. The third kappa shape index (κ3) is 3.84. The normalized spacial score (nSPS) is 20.4. The Hall–Kier alpha value is -0.460. The molecule has 0 amide bonds. The van der Waals surface area contributed by atoms with Crippen molar-refractivity contribution in [2.45, 2.75) is 56.7 Å². The molecule has 1 nitrogen and oxygen atoms in total. The minimum atomic E-state index is -5.39. The van der Waals surface area contributed by atoms with Gasteiger partial charge in [0, 0.05) is 0 Å². The van der Waals surface area contributed by atoms with Crippen molar-refractivity contribution in [3.05, 3.63) is 0 Å². The first kappa shape index (κ1) is 13.6. The van der Waals surface area contributed by atoms with E-state index in [1.54, 1.807) is 0 Å². The molecule has 0 N–H and O–H groups in total. The second-order valence-electron chi connectivity index (χ2n) is 3.86. The van der Waals surface area contributed by atoms with Gasteiger partial charge in [-0.25, -0.2) is 0 Å². The minimum absolute atomic E-state index is 0.267. The number of hydrogen-bond donors (Lipinski definition) is 0. The summed E-state index contributed by atoms with van der Waals surface area (Å²) in [6.07, 6.45) is -12.8. The molecule has 0 spiro atoms. The lowest BCUT2D eigenvalue weighted by molar-refractivity contribution is -0.332. The van der Waals surface area contributed by atoms with Gasteiger partial charge in [-0.2, -0.15) is 26.3 Å². The van der Waals surface area contributed by atoms with Crippen LogP contribution in [0, 0.1) is 0 Å². The summed E-state index contributed by atoms with van der Waals surface area (Å²) in [5.41, 5.74) is 0. The quantitative estimate of drug-likeness (QED) is 0.677. The fourth-order valence-corrected chi connectivity index (χ4v) is 1.73. The van der Waals surface area contributed by atoms with Gasteiger partial charge in [0.25, 0.3) is 0 Å². The molecular weight excluding hydrogens is 238 g/mol. The lowest BCUT2D eigenvalue weighted by Gasteiger charge is -2.29. The molecule has 1 aliphatic rings. The maximum absolute atomic E-state index is 12.1. The van der Waals surface area contributed by atoms with E-state index in [9.17, 15) is 26.3 Å². The van der Waals surface area contributed by atoms with Gasteiger partial charge in [0.05, 0.1) is 6.10 Å². The molecule has 0 bridgehead atoms. The molecule has 0 heterocycles. The van der Waals surface area contributed by atoms with Crippen molar-refractivity contribution in [3.63, 3.8) is 0 Å². The van der Waals surface area contributed by atoms with Gasteiger partial charge in [0.1, 0.15) is 0 Å². The van der Waals surface area contributed by atoms with E-state index in [-0.39, 0.29) is 12.8 Å². The van der Waals surface area contributed by atoms with Crippen LogP contribution in [0.25, 0.3) is 0 Å². The Labute approximate surface area is 88.8 Å². The Morgan fingerprint density at radius 3 is 1.62 bits per heavy atom. The van der Waals surface area contributed by atoms with E-state index < -0.39 is 24.6 Å². The van der Waals surface area contributed by atoms with E-state index in [0.29, 0.717) is 12.8 Å². The molecule has 1 fully saturated rings. The van der Waals surface area contributed by atoms with Crippen LogP contribution in [-0.2, 0) is 4.74 Å². The monoisotopic (exact) mass is 250 g/mol. The Morgan fingerprint density at radius 1 is 0.812 bits per heavy atom. The van der Waals surface area contributed by atoms with Crippen LogP contribution in [-0.4, -0.2) is 24.6 Å². The standard InChI is InChI=1S/C9H12F6O/c10-8(11,12)7(9(13,14)15)16-6-4-2-1-3-5-6/h6-7H,1-5H2. The van der Waals surface area contributed by atoms with Gasteiger partial charge in [-0.1, -0.05) is 19.3 Å². The van der Waals surface area contributed by atoms with Crippen LogP contribution in [0.2, 0.25) is 0 Å². The molecule has 1 aliphatic carbocycles. The fraction of sp³-hybridized carbons (Fsp3) is 1.00. The summed E-state index contributed by atoms with van der Waals surface area (Å²) in [5.74, 6) is 0. The van der Waals surface area contributed by atoms with E-state index in [1.807, 2.05) is 0 Å². The number of ether oxygens (including phenoxy) is 1. The maximum Gasteiger partial charge on any atom is 0.423 e. The molecule has 0 radical (unpaired) electrons. The molecular formula is C9H12F6O. The summed E-state index contributed by atoms with van der Waals surface area (Å²) in [6.45, 7) is 0. The van der Waals surface area contributed by atoms with Gasteiger partial charge in [-0.15, -0.1) is 0 Å². The highest BCUT2D eigenvalue weighted by Crippen LogP contribution is 2.38. The van der Waals surface area contributed by atoms with Crippen LogP contribution in [0.15, 0.2) is 0 Å². The molecule has 0 aromatic heterocycles. The van der Waals surface area contributed by atoms with Crippen LogP contribution in [0.4, 0.5) is 26.3 Å². The maximum atomic E-state index is 12.1. The summed E-state index contributed by atoms with van der Waals surface area (Å²) >= 11 is 0. The topological polar surface area (TPSA) is 9.23 Å². The first-order chi connectivity index (χ1) is 7.21. The highest BCUT2D eigenvalue weighted by molar-refractivity contribution is 4.79. The Balaban J connectivity index is 2.63. The average molecular weight is 250 g/mol. The number of hydrogen-bond acceptors (Lipinski definition) is 1. The minimum Gasteiger partial charge on any atom is -0.358 e. The summed E-state index contributed by atoms with van der Waals surface area (Å²) in [6, 6.07) is 0. The summed E-state index contributed by atoms with van der Waals surface area (Å²) in [4.78, 5) is 0. The second-order valence-corrected chi connectivity index (χ2v) is 3.86. The molecule has 7 heteroatoms. The SMILES string of the molecule is FC(F)(F)C(OC1CCCCC1)C(F)(F)F. The van der Waals surface area contributed by atoms with Gasteiger partial charge < -0.3 is 4.74 Å². The van der Waals surface area contributed by atoms with E-state index in [4.69, 9.17) is 0 Å². The molecule has 0 unspecified atom stereocenters. The van der Waals surface area contributed by atoms with Crippen LogP contribution >= 0.6 is 0 Å². The summed E-state index contributed by atoms with van der Waals surface area (Å²) < 4.78 is 76.9. The van der Waals surface area contributed by atoms with Crippen molar-refractivity contribution >= 4 is 0 Å². The van der Waals surface area contributed by atoms with E-state index in [0.717, 1.165) is 6.42 Å². The number of alkyl halides is 6. The highest BCUT2D eigenvalue weighted by Gasteiger charge is 2.58. The first-order valence-electron chi connectivity index (χ1n) is 5.00.